The van der Waals surface area contributed by atoms with Crippen LogP contribution in [0.5, 0.6) is 0 Å². The number of hydrogen-bond acceptors (Lipinski definition) is 8. The Bertz CT molecular complexity index is 1600. The predicted molar refractivity (Wildman–Crippen MR) is 138 cm³/mol. The average Bonchev–Trinajstić information content (AvgIpc) is 3.31. The molecule has 37 heavy (non-hydrogen) atoms. The van der Waals surface area contributed by atoms with Crippen LogP contribution in [0.3, 0.4) is 0 Å². The first-order chi connectivity index (χ1) is 17.6. The second kappa shape index (κ2) is 10.5. The van der Waals surface area contributed by atoms with Gasteiger partial charge in [0.1, 0.15) is 0 Å². The first-order valence-corrected chi connectivity index (χ1v) is 14.5. The van der Waals surface area contributed by atoms with E-state index in [4.69, 9.17) is 4.42 Å². The molecule has 1 aromatic heterocycles. The van der Waals surface area contributed by atoms with Crippen molar-refractivity contribution in [2.45, 2.75) is 23.1 Å². The van der Waals surface area contributed by atoms with E-state index in [1.54, 1.807) is 43.3 Å². The quantitative estimate of drug-likeness (QED) is 0.340. The molecule has 0 aliphatic carbocycles. The summed E-state index contributed by atoms with van der Waals surface area (Å²) in [5.41, 5.74) is 1.51. The first-order valence-electron chi connectivity index (χ1n) is 11.2. The van der Waals surface area contributed by atoms with Crippen molar-refractivity contribution in [3.8, 4) is 0 Å². The van der Waals surface area contributed by atoms with Crippen LogP contribution in [0, 0.1) is 0 Å². The van der Waals surface area contributed by atoms with Gasteiger partial charge in [-0.2, -0.15) is 0 Å². The molecule has 12 heteroatoms. The maximum absolute atomic E-state index is 13.1. The van der Waals surface area contributed by atoms with Gasteiger partial charge in [0.2, 0.25) is 5.89 Å². The number of amides is 1. The van der Waals surface area contributed by atoms with E-state index in [0.717, 1.165) is 11.8 Å². The lowest BCUT2D eigenvalue weighted by Gasteiger charge is -2.22. The van der Waals surface area contributed by atoms with Gasteiger partial charge in [-0.05, 0) is 61.0 Å². The molecular formula is C25H24N4O6S2. The van der Waals surface area contributed by atoms with Crippen molar-refractivity contribution in [3.05, 3.63) is 95.9 Å². The summed E-state index contributed by atoms with van der Waals surface area (Å²) in [6.45, 7) is 1.99. The molecule has 0 atom stereocenters. The fourth-order valence-electron chi connectivity index (χ4n) is 3.57. The van der Waals surface area contributed by atoms with Crippen LogP contribution < -0.4 is 9.62 Å². The normalized spacial score (nSPS) is 11.7. The number of nitrogens with zero attached hydrogens (tertiary/aromatic N) is 3. The molecule has 1 heterocycles. The fraction of sp³-hybridized carbons (Fsp3) is 0.160. The number of hydrogen-bond donors (Lipinski definition) is 1. The number of benzene rings is 3. The summed E-state index contributed by atoms with van der Waals surface area (Å²) < 4.78 is 56.2. The highest BCUT2D eigenvalue weighted by Gasteiger charge is 2.24. The third-order valence-electron chi connectivity index (χ3n) is 5.43. The molecule has 0 fully saturated rings. The minimum absolute atomic E-state index is 0.0525. The van der Waals surface area contributed by atoms with Crippen molar-refractivity contribution >= 4 is 37.5 Å². The summed E-state index contributed by atoms with van der Waals surface area (Å²) >= 11 is 0. The van der Waals surface area contributed by atoms with Gasteiger partial charge in [0.25, 0.3) is 15.9 Å². The van der Waals surface area contributed by atoms with Crippen LogP contribution >= 0.6 is 0 Å². The highest BCUT2D eigenvalue weighted by Crippen LogP contribution is 2.24. The maximum atomic E-state index is 13.1. The van der Waals surface area contributed by atoms with E-state index < -0.39 is 25.8 Å². The van der Waals surface area contributed by atoms with Gasteiger partial charge in [0.15, 0.2) is 9.84 Å². The first kappa shape index (κ1) is 26.0. The summed E-state index contributed by atoms with van der Waals surface area (Å²) in [5, 5.41) is 10.2. The minimum atomic E-state index is -3.82. The number of rotatable bonds is 9. The second-order valence-electron chi connectivity index (χ2n) is 8.08. The largest absolute Gasteiger partial charge is 0.407 e. The number of sulfone groups is 1. The van der Waals surface area contributed by atoms with Crippen LogP contribution in [0.25, 0.3) is 0 Å². The lowest BCUT2D eigenvalue weighted by molar-refractivity contribution is 0.102. The van der Waals surface area contributed by atoms with Gasteiger partial charge in [-0.25, -0.2) is 16.8 Å². The summed E-state index contributed by atoms with van der Waals surface area (Å²) in [6, 6.07) is 20.5. The van der Waals surface area contributed by atoms with Crippen LogP contribution in [-0.2, 0) is 26.3 Å². The topological polar surface area (TPSA) is 140 Å². The number of anilines is 2. The van der Waals surface area contributed by atoms with Crippen molar-refractivity contribution in [2.75, 3.05) is 22.4 Å². The Hall–Kier alpha value is -4.03. The molecule has 4 rings (SSSR count). The average molecular weight is 541 g/mol. The van der Waals surface area contributed by atoms with Crippen molar-refractivity contribution in [2.24, 2.45) is 0 Å². The van der Waals surface area contributed by atoms with Crippen LogP contribution in [0.1, 0.15) is 28.7 Å². The lowest BCUT2D eigenvalue weighted by Crippen LogP contribution is -2.30. The Morgan fingerprint density at radius 3 is 2.08 bits per heavy atom. The van der Waals surface area contributed by atoms with Gasteiger partial charge in [-0.1, -0.05) is 35.4 Å². The maximum Gasteiger partial charge on any atom is 0.322 e. The monoisotopic (exact) mass is 540 g/mol. The fourth-order valence-corrected chi connectivity index (χ4v) is 5.67. The Labute approximate surface area is 214 Å². The molecule has 1 amide bonds. The summed E-state index contributed by atoms with van der Waals surface area (Å²) in [7, 11) is -7.11. The second-order valence-corrected chi connectivity index (χ2v) is 12.0. The molecule has 4 aromatic rings. The molecule has 3 aromatic carbocycles. The number of para-hydroxylation sites is 1. The molecule has 0 bridgehead atoms. The van der Waals surface area contributed by atoms with E-state index in [0.29, 0.717) is 5.69 Å². The predicted octanol–water partition coefficient (Wildman–Crippen LogP) is 3.53. The van der Waals surface area contributed by atoms with Gasteiger partial charge in [-0.3, -0.25) is 14.4 Å². The van der Waals surface area contributed by atoms with Crippen LogP contribution in [-0.4, -0.2) is 45.7 Å². The Morgan fingerprint density at radius 2 is 1.49 bits per heavy atom. The van der Waals surface area contributed by atoms with Crippen LogP contribution in [0.2, 0.25) is 0 Å². The number of carbonyl (C=O) groups is 1. The van der Waals surface area contributed by atoms with Crippen molar-refractivity contribution in [1.29, 1.82) is 0 Å². The smallest absolute Gasteiger partial charge is 0.322 e. The van der Waals surface area contributed by atoms with E-state index in [1.807, 2.05) is 6.07 Å². The molecule has 0 radical (unpaired) electrons. The SMILES string of the molecule is CCN(c1ccccc1)S(=O)(=O)c1ccc(C(=O)Nc2nnc(Cc3ccc(S(C)(=O)=O)cc3)o2)cc1. The molecule has 1 N–H and O–H groups in total. The van der Waals surface area contributed by atoms with E-state index in [2.05, 4.69) is 15.5 Å². The van der Waals surface area contributed by atoms with E-state index in [-0.39, 0.29) is 40.2 Å². The molecule has 192 valence electrons. The van der Waals surface area contributed by atoms with Gasteiger partial charge in [0.05, 0.1) is 21.9 Å². The molecule has 0 saturated carbocycles. The van der Waals surface area contributed by atoms with Gasteiger partial charge >= 0.3 is 6.01 Å². The van der Waals surface area contributed by atoms with E-state index in [1.165, 1.54) is 40.7 Å². The molecule has 10 nitrogen and oxygen atoms in total. The zero-order chi connectivity index (χ0) is 26.6. The van der Waals surface area contributed by atoms with E-state index >= 15 is 0 Å². The van der Waals surface area contributed by atoms with Gasteiger partial charge in [-0.15, -0.1) is 5.10 Å². The Morgan fingerprint density at radius 1 is 0.865 bits per heavy atom. The third kappa shape index (κ3) is 6.04. The number of aromatic nitrogens is 2. The van der Waals surface area contributed by atoms with Crippen molar-refractivity contribution in [3.63, 3.8) is 0 Å². The van der Waals surface area contributed by atoms with Crippen molar-refractivity contribution < 1.29 is 26.0 Å². The van der Waals surface area contributed by atoms with E-state index in [9.17, 15) is 21.6 Å². The summed E-state index contributed by atoms with van der Waals surface area (Å²) in [4.78, 5) is 12.9. The van der Waals surface area contributed by atoms with Crippen molar-refractivity contribution in [1.82, 2.24) is 10.2 Å². The third-order valence-corrected chi connectivity index (χ3v) is 8.48. The zero-order valence-corrected chi connectivity index (χ0v) is 21.7. The molecular weight excluding hydrogens is 516 g/mol. The molecule has 0 aliphatic heterocycles. The van der Waals surface area contributed by atoms with Crippen LogP contribution in [0.4, 0.5) is 11.7 Å². The zero-order valence-electron chi connectivity index (χ0n) is 20.0. The number of nitrogens with one attached hydrogen (secondary N) is 1. The van der Waals surface area contributed by atoms with Crippen LogP contribution in [0.15, 0.2) is 93.1 Å². The van der Waals surface area contributed by atoms with Gasteiger partial charge < -0.3 is 4.42 Å². The lowest BCUT2D eigenvalue weighted by atomic mass is 10.1. The highest BCUT2D eigenvalue weighted by atomic mass is 32.2. The molecule has 0 spiro atoms. The molecule has 0 unspecified atom stereocenters. The van der Waals surface area contributed by atoms with Gasteiger partial charge in [0, 0.05) is 18.4 Å². The summed E-state index contributed by atoms with van der Waals surface area (Å²) in [5.74, 6) is -0.323. The number of sulfonamides is 1. The minimum Gasteiger partial charge on any atom is -0.407 e. The number of carbonyl (C=O) groups excluding carboxylic acids is 1. The standard InChI is InChI=1S/C25H24N4O6S2/c1-3-29(20-7-5-4-6-8-20)37(33,34)22-15-11-19(12-16-22)24(30)26-25-28-27-23(35-25)17-18-9-13-21(14-10-18)36(2,31)32/h4-16H,3,17H2,1-2H3,(H,26,28,30). The Balaban J connectivity index is 1.42. The highest BCUT2D eigenvalue weighted by molar-refractivity contribution is 7.92. The summed E-state index contributed by atoms with van der Waals surface area (Å²) in [6.07, 6.45) is 1.38. The molecule has 0 saturated heterocycles. The Kier molecular flexibility index (Phi) is 7.41. The molecule has 0 aliphatic rings.